The number of fused-ring (bicyclic) bond motifs is 1. The lowest BCUT2D eigenvalue weighted by atomic mass is 10.1. The molecule has 0 saturated carbocycles. The van der Waals surface area contributed by atoms with Crippen molar-refractivity contribution in [2.75, 3.05) is 20.2 Å². The van der Waals surface area contributed by atoms with E-state index in [0.717, 1.165) is 39.2 Å². The van der Waals surface area contributed by atoms with Crippen molar-refractivity contribution in [3.05, 3.63) is 28.6 Å². The van der Waals surface area contributed by atoms with Gasteiger partial charge in [-0.1, -0.05) is 0 Å². The van der Waals surface area contributed by atoms with Crippen LogP contribution in [0.15, 0.2) is 18.2 Å². The quantitative estimate of drug-likeness (QED) is 0.918. The standard InChI is InChI=1S/C17H22N2O2S.ClH/c1-10-6-12(8-18)9-19(10)17(20)16-11(2)14-7-13(21-3)4-5-15(14)22-16;/h4-5,7,10,12H,6,8-9,18H2,1-3H3;1H. The van der Waals surface area contributed by atoms with Crippen molar-refractivity contribution in [1.29, 1.82) is 0 Å². The molecule has 126 valence electrons. The third kappa shape index (κ3) is 3.18. The van der Waals surface area contributed by atoms with Gasteiger partial charge in [0.05, 0.1) is 12.0 Å². The predicted molar refractivity (Wildman–Crippen MR) is 98.0 cm³/mol. The Morgan fingerprint density at radius 2 is 2.22 bits per heavy atom. The molecule has 1 aromatic carbocycles. The zero-order chi connectivity index (χ0) is 15.9. The molecule has 1 aliphatic rings. The number of thiophene rings is 1. The molecule has 0 radical (unpaired) electrons. The smallest absolute Gasteiger partial charge is 0.264 e. The number of nitrogens with zero attached hydrogens (tertiary/aromatic N) is 1. The SMILES string of the molecule is COc1ccc2sc(C(=O)N3CC(CN)CC3C)c(C)c2c1.Cl. The van der Waals surface area contributed by atoms with Gasteiger partial charge in [-0.3, -0.25) is 4.79 Å². The zero-order valence-corrected chi connectivity index (χ0v) is 15.3. The monoisotopic (exact) mass is 354 g/mol. The Balaban J connectivity index is 0.00000192. The van der Waals surface area contributed by atoms with Crippen molar-refractivity contribution in [1.82, 2.24) is 4.90 Å². The number of aryl methyl sites for hydroxylation is 1. The minimum atomic E-state index is 0. The van der Waals surface area contributed by atoms with Crippen molar-refractivity contribution in [3.8, 4) is 5.75 Å². The molecule has 2 N–H and O–H groups in total. The molecule has 2 aromatic rings. The summed E-state index contributed by atoms with van der Waals surface area (Å²) in [4.78, 5) is 15.7. The Kier molecular flexibility index (Phi) is 5.55. The van der Waals surface area contributed by atoms with E-state index in [1.807, 2.05) is 30.0 Å². The summed E-state index contributed by atoms with van der Waals surface area (Å²) < 4.78 is 6.42. The van der Waals surface area contributed by atoms with Gasteiger partial charge in [0, 0.05) is 17.3 Å². The Labute approximate surface area is 147 Å². The van der Waals surface area contributed by atoms with Gasteiger partial charge in [-0.2, -0.15) is 0 Å². The molecule has 0 spiro atoms. The highest BCUT2D eigenvalue weighted by atomic mass is 35.5. The third-order valence-corrected chi connectivity index (χ3v) is 5.85. The van der Waals surface area contributed by atoms with Crippen molar-refractivity contribution >= 4 is 39.7 Å². The van der Waals surface area contributed by atoms with Gasteiger partial charge in [0.1, 0.15) is 5.75 Å². The Bertz CT molecular complexity index is 716. The molecule has 0 bridgehead atoms. The predicted octanol–water partition coefficient (Wildman–Crippen LogP) is 3.45. The van der Waals surface area contributed by atoms with E-state index in [0.29, 0.717) is 12.5 Å². The molecule has 1 saturated heterocycles. The Hall–Kier alpha value is -1.30. The van der Waals surface area contributed by atoms with Gasteiger partial charge in [-0.15, -0.1) is 23.7 Å². The second-order valence-electron chi connectivity index (χ2n) is 6.06. The normalized spacial score (nSPS) is 20.6. The fourth-order valence-corrected chi connectivity index (χ4v) is 4.40. The van der Waals surface area contributed by atoms with Crippen LogP contribution in [0.4, 0.5) is 0 Å². The third-order valence-electron chi connectivity index (χ3n) is 4.59. The molecular weight excluding hydrogens is 332 g/mol. The summed E-state index contributed by atoms with van der Waals surface area (Å²) in [7, 11) is 1.66. The van der Waals surface area contributed by atoms with Gasteiger partial charge in [0.15, 0.2) is 0 Å². The van der Waals surface area contributed by atoms with Crippen LogP contribution in [0.1, 0.15) is 28.6 Å². The zero-order valence-electron chi connectivity index (χ0n) is 13.7. The average molecular weight is 355 g/mol. The number of nitrogens with two attached hydrogens (primary N) is 1. The summed E-state index contributed by atoms with van der Waals surface area (Å²) in [6.07, 6.45) is 1.00. The number of carbonyl (C=O) groups is 1. The summed E-state index contributed by atoms with van der Waals surface area (Å²) in [6, 6.07) is 6.24. The van der Waals surface area contributed by atoms with Crippen molar-refractivity contribution in [3.63, 3.8) is 0 Å². The number of methoxy groups -OCH3 is 1. The van der Waals surface area contributed by atoms with Crippen molar-refractivity contribution < 1.29 is 9.53 Å². The van der Waals surface area contributed by atoms with E-state index in [4.69, 9.17) is 10.5 Å². The van der Waals surface area contributed by atoms with Crippen LogP contribution >= 0.6 is 23.7 Å². The topological polar surface area (TPSA) is 55.6 Å². The van der Waals surface area contributed by atoms with Crippen LogP contribution in [0.25, 0.3) is 10.1 Å². The molecule has 1 aromatic heterocycles. The summed E-state index contributed by atoms with van der Waals surface area (Å²) in [5.74, 6) is 1.39. The number of halogens is 1. The maximum absolute atomic E-state index is 12.9. The lowest BCUT2D eigenvalue weighted by Crippen LogP contribution is -2.34. The van der Waals surface area contributed by atoms with E-state index in [-0.39, 0.29) is 24.4 Å². The minimum absolute atomic E-state index is 0. The lowest BCUT2D eigenvalue weighted by molar-refractivity contribution is 0.0748. The van der Waals surface area contributed by atoms with Gasteiger partial charge in [0.25, 0.3) is 5.91 Å². The molecule has 4 nitrogen and oxygen atoms in total. The molecule has 23 heavy (non-hydrogen) atoms. The van der Waals surface area contributed by atoms with E-state index >= 15 is 0 Å². The fourth-order valence-electron chi connectivity index (χ4n) is 3.26. The molecule has 1 amide bonds. The van der Waals surface area contributed by atoms with Crippen molar-refractivity contribution in [2.24, 2.45) is 11.7 Å². The number of carbonyl (C=O) groups excluding carboxylic acids is 1. The van der Waals surface area contributed by atoms with Crippen LogP contribution in [-0.2, 0) is 0 Å². The molecule has 2 atom stereocenters. The van der Waals surface area contributed by atoms with E-state index in [9.17, 15) is 4.79 Å². The second-order valence-corrected chi connectivity index (χ2v) is 7.11. The number of ether oxygens (including phenoxy) is 1. The summed E-state index contributed by atoms with van der Waals surface area (Å²) in [5, 5.41) is 1.11. The van der Waals surface area contributed by atoms with E-state index in [2.05, 4.69) is 6.92 Å². The summed E-state index contributed by atoms with van der Waals surface area (Å²) >= 11 is 1.57. The maximum Gasteiger partial charge on any atom is 0.264 e. The molecule has 2 heterocycles. The highest BCUT2D eigenvalue weighted by molar-refractivity contribution is 7.21. The molecular formula is C17H23ClN2O2S. The van der Waals surface area contributed by atoms with E-state index < -0.39 is 0 Å². The molecule has 2 unspecified atom stereocenters. The fraction of sp³-hybridized carbons (Fsp3) is 0.471. The van der Waals surface area contributed by atoms with Crippen LogP contribution in [0.2, 0.25) is 0 Å². The maximum atomic E-state index is 12.9. The van der Waals surface area contributed by atoms with Gasteiger partial charge < -0.3 is 15.4 Å². The van der Waals surface area contributed by atoms with E-state index in [1.165, 1.54) is 0 Å². The lowest BCUT2D eigenvalue weighted by Gasteiger charge is -2.21. The van der Waals surface area contributed by atoms with Crippen LogP contribution in [0, 0.1) is 12.8 Å². The molecule has 6 heteroatoms. The van der Waals surface area contributed by atoms with Gasteiger partial charge in [-0.05, 0) is 61.9 Å². The molecule has 1 aliphatic heterocycles. The highest BCUT2D eigenvalue weighted by Crippen LogP contribution is 2.35. The number of hydrogen-bond acceptors (Lipinski definition) is 4. The van der Waals surface area contributed by atoms with Crippen LogP contribution in [0.5, 0.6) is 5.75 Å². The summed E-state index contributed by atoms with van der Waals surface area (Å²) in [6.45, 7) is 5.55. The largest absolute Gasteiger partial charge is 0.497 e. The Morgan fingerprint density at radius 1 is 1.48 bits per heavy atom. The van der Waals surface area contributed by atoms with Crippen LogP contribution < -0.4 is 10.5 Å². The number of hydrogen-bond donors (Lipinski definition) is 1. The first-order valence-electron chi connectivity index (χ1n) is 7.63. The number of amides is 1. The van der Waals surface area contributed by atoms with Gasteiger partial charge in [-0.25, -0.2) is 0 Å². The first kappa shape index (κ1) is 18.0. The van der Waals surface area contributed by atoms with Crippen molar-refractivity contribution in [2.45, 2.75) is 26.3 Å². The first-order chi connectivity index (χ1) is 10.5. The number of likely N-dealkylation sites (tertiary alicyclic amines) is 1. The van der Waals surface area contributed by atoms with E-state index in [1.54, 1.807) is 18.4 Å². The highest BCUT2D eigenvalue weighted by Gasteiger charge is 2.33. The molecule has 0 aliphatic carbocycles. The summed E-state index contributed by atoms with van der Waals surface area (Å²) in [5.41, 5.74) is 6.82. The second kappa shape index (κ2) is 7.07. The van der Waals surface area contributed by atoms with Gasteiger partial charge >= 0.3 is 0 Å². The van der Waals surface area contributed by atoms with Crippen LogP contribution in [0.3, 0.4) is 0 Å². The average Bonchev–Trinajstić information content (AvgIpc) is 3.07. The number of benzene rings is 1. The van der Waals surface area contributed by atoms with Gasteiger partial charge in [0.2, 0.25) is 0 Å². The molecule has 3 rings (SSSR count). The van der Waals surface area contributed by atoms with Crippen LogP contribution in [-0.4, -0.2) is 37.0 Å². The molecule has 1 fully saturated rings. The minimum Gasteiger partial charge on any atom is -0.497 e. The number of rotatable bonds is 3. The Morgan fingerprint density at radius 3 is 2.83 bits per heavy atom. The first-order valence-corrected chi connectivity index (χ1v) is 8.45.